The van der Waals surface area contributed by atoms with Crippen molar-refractivity contribution in [2.75, 3.05) is 0 Å². The Kier molecular flexibility index (Phi) is 6.04. The summed E-state index contributed by atoms with van der Waals surface area (Å²) in [5.74, 6) is -1.99. The number of ketones is 1. The molecule has 1 aliphatic rings. The Morgan fingerprint density at radius 1 is 1.27 bits per heavy atom. The highest BCUT2D eigenvalue weighted by molar-refractivity contribution is 5.94. The first-order chi connectivity index (χ1) is 12.1. The number of carbonyl (C=O) groups excluding carboxylic acids is 2. The summed E-state index contributed by atoms with van der Waals surface area (Å²) in [6, 6.07) is 8.57. The minimum absolute atomic E-state index is 0.110. The van der Waals surface area contributed by atoms with Crippen molar-refractivity contribution < 1.29 is 24.5 Å². The van der Waals surface area contributed by atoms with Crippen molar-refractivity contribution >= 4 is 11.8 Å². The van der Waals surface area contributed by atoms with Crippen molar-refractivity contribution in [1.82, 2.24) is 0 Å². The van der Waals surface area contributed by atoms with E-state index in [1.807, 2.05) is 6.92 Å². The monoisotopic (exact) mass is 360 g/mol. The zero-order valence-electron chi connectivity index (χ0n) is 16.0. The normalized spacial score (nSPS) is 33.0. The predicted octanol–water partition coefficient (Wildman–Crippen LogP) is 2.76. The Labute approximate surface area is 154 Å². The number of ether oxygens (including phenoxy) is 1. The van der Waals surface area contributed by atoms with Crippen LogP contribution in [0.15, 0.2) is 42.0 Å². The lowest BCUT2D eigenvalue weighted by molar-refractivity contribution is -0.115. The molecule has 0 bridgehead atoms. The zero-order chi connectivity index (χ0) is 19.6. The van der Waals surface area contributed by atoms with E-state index in [-0.39, 0.29) is 11.7 Å². The minimum Gasteiger partial charge on any atom is -0.455 e. The molecule has 0 aliphatic heterocycles. The number of carbonyl (C=O) groups is 2. The van der Waals surface area contributed by atoms with Gasteiger partial charge in [-0.1, -0.05) is 31.2 Å². The molecule has 1 saturated carbocycles. The molecule has 0 heterocycles. The van der Waals surface area contributed by atoms with Gasteiger partial charge in [0.2, 0.25) is 0 Å². The quantitative estimate of drug-likeness (QED) is 0.623. The van der Waals surface area contributed by atoms with Gasteiger partial charge in [0.25, 0.3) is 0 Å². The van der Waals surface area contributed by atoms with Gasteiger partial charge in [-0.15, -0.1) is 0 Å². The number of hydrogen-bond donors (Lipinski definition) is 2. The Hall–Kier alpha value is -1.98. The van der Waals surface area contributed by atoms with Crippen LogP contribution in [0.1, 0.15) is 45.0 Å². The molecule has 5 heteroatoms. The third kappa shape index (κ3) is 3.60. The standard InChI is InChI=1S/C21H28O5/c1-6-16(13(3)22)17-12(2)19(21(5,25)18(17)14(4)23)26-20(24)15-10-8-7-9-11-15/h6-12,14,17-19,23,25H,1-5H3/b16-6-/t12-,14?,17+,18-,19-,21+/m0/s1. The predicted molar refractivity (Wildman–Crippen MR) is 98.5 cm³/mol. The maximum Gasteiger partial charge on any atom is 0.338 e. The summed E-state index contributed by atoms with van der Waals surface area (Å²) in [4.78, 5) is 24.6. The summed E-state index contributed by atoms with van der Waals surface area (Å²) in [5, 5.41) is 21.5. The van der Waals surface area contributed by atoms with Gasteiger partial charge in [0.15, 0.2) is 5.78 Å². The summed E-state index contributed by atoms with van der Waals surface area (Å²) < 4.78 is 5.67. The molecule has 6 atom stereocenters. The van der Waals surface area contributed by atoms with E-state index in [0.717, 1.165) is 0 Å². The van der Waals surface area contributed by atoms with Gasteiger partial charge in [0, 0.05) is 17.8 Å². The van der Waals surface area contributed by atoms with Crippen molar-refractivity contribution in [2.24, 2.45) is 17.8 Å². The van der Waals surface area contributed by atoms with E-state index in [9.17, 15) is 19.8 Å². The summed E-state index contributed by atoms with van der Waals surface area (Å²) >= 11 is 0. The van der Waals surface area contributed by atoms with E-state index < -0.39 is 35.6 Å². The molecule has 0 aromatic heterocycles. The fourth-order valence-corrected chi connectivity index (χ4v) is 4.48. The van der Waals surface area contributed by atoms with Crippen LogP contribution in [0.2, 0.25) is 0 Å². The highest BCUT2D eigenvalue weighted by Gasteiger charge is 2.60. The molecule has 1 fully saturated rings. The lowest BCUT2D eigenvalue weighted by atomic mass is 9.76. The van der Waals surface area contributed by atoms with E-state index in [1.54, 1.807) is 57.2 Å². The van der Waals surface area contributed by atoms with E-state index in [0.29, 0.717) is 11.1 Å². The molecule has 0 radical (unpaired) electrons. The SMILES string of the molecule is C/C=C(/C(C)=O)[C@H]1[C@H](C)[C@H](OC(=O)c2ccccc2)[C@](C)(O)[C@H]1C(C)O. The number of rotatable bonds is 5. The van der Waals surface area contributed by atoms with Gasteiger partial charge in [-0.3, -0.25) is 4.79 Å². The fourth-order valence-electron chi connectivity index (χ4n) is 4.48. The molecular weight excluding hydrogens is 332 g/mol. The summed E-state index contributed by atoms with van der Waals surface area (Å²) in [7, 11) is 0. The molecule has 1 aliphatic carbocycles. The van der Waals surface area contributed by atoms with Crippen LogP contribution in [0, 0.1) is 17.8 Å². The molecule has 2 N–H and O–H groups in total. The van der Waals surface area contributed by atoms with Gasteiger partial charge < -0.3 is 14.9 Å². The fraction of sp³-hybridized carbons (Fsp3) is 0.524. The average Bonchev–Trinajstić information content (AvgIpc) is 2.76. The Morgan fingerprint density at radius 2 is 1.85 bits per heavy atom. The van der Waals surface area contributed by atoms with Crippen LogP contribution < -0.4 is 0 Å². The van der Waals surface area contributed by atoms with E-state index >= 15 is 0 Å². The topological polar surface area (TPSA) is 83.8 Å². The van der Waals surface area contributed by atoms with Crippen LogP contribution >= 0.6 is 0 Å². The number of allylic oxidation sites excluding steroid dienone is 2. The molecule has 0 saturated heterocycles. The molecule has 5 nitrogen and oxygen atoms in total. The second kappa shape index (κ2) is 7.72. The minimum atomic E-state index is -1.47. The first-order valence-corrected chi connectivity index (χ1v) is 8.96. The Balaban J connectivity index is 2.40. The molecule has 1 aromatic carbocycles. The van der Waals surface area contributed by atoms with Crippen molar-refractivity contribution in [3.8, 4) is 0 Å². The molecule has 1 unspecified atom stereocenters. The molecule has 26 heavy (non-hydrogen) atoms. The number of Topliss-reactive ketones (excluding diaryl/α,β-unsaturated/α-hetero) is 1. The van der Waals surface area contributed by atoms with Crippen LogP contribution in [0.3, 0.4) is 0 Å². The van der Waals surface area contributed by atoms with E-state index in [4.69, 9.17) is 4.74 Å². The van der Waals surface area contributed by atoms with Crippen LogP contribution in [0.25, 0.3) is 0 Å². The molecule has 142 valence electrons. The van der Waals surface area contributed by atoms with Crippen molar-refractivity contribution in [3.63, 3.8) is 0 Å². The molecule has 0 spiro atoms. The Morgan fingerprint density at radius 3 is 2.31 bits per heavy atom. The van der Waals surface area contributed by atoms with Gasteiger partial charge in [-0.05, 0) is 45.4 Å². The first kappa shape index (κ1) is 20.3. The van der Waals surface area contributed by atoms with Crippen molar-refractivity contribution in [1.29, 1.82) is 0 Å². The molecular formula is C21H28O5. The van der Waals surface area contributed by atoms with Gasteiger partial charge in [-0.25, -0.2) is 4.79 Å². The molecule has 0 amide bonds. The number of esters is 1. The van der Waals surface area contributed by atoms with Gasteiger partial charge >= 0.3 is 5.97 Å². The number of aliphatic hydroxyl groups is 2. The third-order valence-corrected chi connectivity index (χ3v) is 5.52. The van der Waals surface area contributed by atoms with Gasteiger partial charge in [0.1, 0.15) is 11.7 Å². The van der Waals surface area contributed by atoms with Crippen molar-refractivity contribution in [3.05, 3.63) is 47.5 Å². The number of benzene rings is 1. The largest absolute Gasteiger partial charge is 0.455 e. The summed E-state index contributed by atoms with van der Waals surface area (Å²) in [6.45, 7) is 8.24. The maximum absolute atomic E-state index is 12.5. The van der Waals surface area contributed by atoms with E-state index in [2.05, 4.69) is 0 Å². The van der Waals surface area contributed by atoms with Gasteiger partial charge in [-0.2, -0.15) is 0 Å². The summed E-state index contributed by atoms with van der Waals surface area (Å²) in [5.41, 5.74) is -0.529. The average molecular weight is 360 g/mol. The van der Waals surface area contributed by atoms with Crippen LogP contribution in [-0.4, -0.2) is 39.8 Å². The summed E-state index contributed by atoms with van der Waals surface area (Å²) in [6.07, 6.45) is 0.0115. The second-order valence-corrected chi connectivity index (χ2v) is 7.37. The van der Waals surface area contributed by atoms with E-state index in [1.165, 1.54) is 6.92 Å². The number of aliphatic hydroxyl groups excluding tert-OH is 1. The Bertz CT molecular complexity index is 690. The van der Waals surface area contributed by atoms with Crippen LogP contribution in [-0.2, 0) is 9.53 Å². The zero-order valence-corrected chi connectivity index (χ0v) is 16.0. The highest BCUT2D eigenvalue weighted by atomic mass is 16.6. The van der Waals surface area contributed by atoms with Crippen LogP contribution in [0.5, 0.6) is 0 Å². The van der Waals surface area contributed by atoms with Gasteiger partial charge in [0.05, 0.1) is 11.7 Å². The second-order valence-electron chi connectivity index (χ2n) is 7.37. The number of hydrogen-bond acceptors (Lipinski definition) is 5. The smallest absolute Gasteiger partial charge is 0.338 e. The first-order valence-electron chi connectivity index (χ1n) is 8.96. The molecule has 1 aromatic rings. The lowest BCUT2D eigenvalue weighted by Gasteiger charge is -2.34. The third-order valence-electron chi connectivity index (χ3n) is 5.52. The molecule has 2 rings (SSSR count). The maximum atomic E-state index is 12.5. The highest BCUT2D eigenvalue weighted by Crippen LogP contribution is 2.50. The van der Waals surface area contributed by atoms with Crippen molar-refractivity contribution in [2.45, 2.75) is 52.4 Å². The lowest BCUT2D eigenvalue weighted by Crippen LogP contribution is -2.47. The van der Waals surface area contributed by atoms with Crippen LogP contribution in [0.4, 0.5) is 0 Å².